The summed E-state index contributed by atoms with van der Waals surface area (Å²) in [7, 11) is 0. The third-order valence-corrected chi connectivity index (χ3v) is 1.88. The van der Waals surface area contributed by atoms with Gasteiger partial charge in [0.25, 0.3) is 0 Å². The summed E-state index contributed by atoms with van der Waals surface area (Å²) < 4.78 is 0. The summed E-state index contributed by atoms with van der Waals surface area (Å²) in [5, 5.41) is 19.8. The SMILES string of the molecule is N#CC1CNCC(C#N)C(=O)C1=O. The second-order valence-corrected chi connectivity index (χ2v) is 2.75. The van der Waals surface area contributed by atoms with Gasteiger partial charge in [0.15, 0.2) is 0 Å². The van der Waals surface area contributed by atoms with Crippen molar-refractivity contribution >= 4 is 11.6 Å². The van der Waals surface area contributed by atoms with Crippen LogP contribution in [0, 0.1) is 34.5 Å². The van der Waals surface area contributed by atoms with Gasteiger partial charge in [-0.25, -0.2) is 0 Å². The molecule has 2 unspecified atom stereocenters. The fraction of sp³-hybridized carbons (Fsp3) is 0.500. The highest BCUT2D eigenvalue weighted by Gasteiger charge is 2.33. The maximum absolute atomic E-state index is 11.2. The van der Waals surface area contributed by atoms with Crippen LogP contribution in [0.4, 0.5) is 0 Å². The van der Waals surface area contributed by atoms with Crippen LogP contribution < -0.4 is 5.32 Å². The lowest BCUT2D eigenvalue weighted by molar-refractivity contribution is -0.138. The largest absolute Gasteiger partial charge is 0.313 e. The van der Waals surface area contributed by atoms with Crippen LogP contribution in [0.15, 0.2) is 0 Å². The molecular weight excluding hydrogens is 170 g/mol. The second kappa shape index (κ2) is 3.79. The summed E-state index contributed by atoms with van der Waals surface area (Å²) in [5.41, 5.74) is 0. The summed E-state index contributed by atoms with van der Waals surface area (Å²) in [6, 6.07) is 3.45. The lowest BCUT2D eigenvalue weighted by Crippen LogP contribution is -2.27. The van der Waals surface area contributed by atoms with E-state index in [0.29, 0.717) is 0 Å². The van der Waals surface area contributed by atoms with Crippen molar-refractivity contribution in [1.82, 2.24) is 5.32 Å². The number of nitrogens with one attached hydrogen (secondary N) is 1. The van der Waals surface area contributed by atoms with Crippen LogP contribution in [0.5, 0.6) is 0 Å². The van der Waals surface area contributed by atoms with Gasteiger partial charge in [-0.1, -0.05) is 0 Å². The van der Waals surface area contributed by atoms with Crippen LogP contribution in [0.3, 0.4) is 0 Å². The van der Waals surface area contributed by atoms with Crippen molar-refractivity contribution in [2.75, 3.05) is 13.1 Å². The quantitative estimate of drug-likeness (QED) is 0.479. The van der Waals surface area contributed by atoms with Gasteiger partial charge in [0.05, 0.1) is 12.1 Å². The molecule has 5 heteroatoms. The first-order valence-corrected chi connectivity index (χ1v) is 3.78. The van der Waals surface area contributed by atoms with E-state index in [9.17, 15) is 9.59 Å². The predicted octanol–water partition coefficient (Wildman–Crippen LogP) is -0.993. The van der Waals surface area contributed by atoms with Gasteiger partial charge in [-0.05, 0) is 0 Å². The zero-order valence-corrected chi connectivity index (χ0v) is 6.78. The van der Waals surface area contributed by atoms with Gasteiger partial charge in [-0.2, -0.15) is 10.5 Å². The summed E-state index contributed by atoms with van der Waals surface area (Å²) in [6.07, 6.45) is 0. The van der Waals surface area contributed by atoms with Crippen LogP contribution in [0.25, 0.3) is 0 Å². The molecule has 1 fully saturated rings. The number of Topliss-reactive ketones (excluding diaryl/α,β-unsaturated/α-hetero) is 2. The highest BCUT2D eigenvalue weighted by molar-refractivity contribution is 6.40. The van der Waals surface area contributed by atoms with Crippen molar-refractivity contribution in [2.24, 2.45) is 11.8 Å². The first kappa shape index (κ1) is 9.37. The van der Waals surface area contributed by atoms with Crippen LogP contribution in [0.1, 0.15) is 0 Å². The number of rotatable bonds is 0. The van der Waals surface area contributed by atoms with E-state index in [0.717, 1.165) is 0 Å². The van der Waals surface area contributed by atoms with Gasteiger partial charge in [0, 0.05) is 13.1 Å². The minimum atomic E-state index is -0.939. The van der Waals surface area contributed by atoms with Crippen molar-refractivity contribution in [3.63, 3.8) is 0 Å². The van der Waals surface area contributed by atoms with Crippen molar-refractivity contribution in [3.8, 4) is 12.1 Å². The molecule has 5 nitrogen and oxygen atoms in total. The summed E-state index contributed by atoms with van der Waals surface area (Å²) in [6.45, 7) is 0.304. The van der Waals surface area contributed by atoms with Crippen molar-refractivity contribution in [3.05, 3.63) is 0 Å². The van der Waals surface area contributed by atoms with Crippen LogP contribution in [-0.2, 0) is 9.59 Å². The van der Waals surface area contributed by atoms with Gasteiger partial charge in [0.2, 0.25) is 11.6 Å². The van der Waals surface area contributed by atoms with E-state index >= 15 is 0 Å². The van der Waals surface area contributed by atoms with Crippen molar-refractivity contribution in [2.45, 2.75) is 0 Å². The molecule has 1 heterocycles. The number of nitriles is 2. The fourth-order valence-corrected chi connectivity index (χ4v) is 1.11. The topological polar surface area (TPSA) is 93.8 Å². The second-order valence-electron chi connectivity index (χ2n) is 2.75. The molecule has 1 aliphatic rings. The third-order valence-electron chi connectivity index (χ3n) is 1.88. The average molecular weight is 177 g/mol. The Balaban J connectivity index is 2.89. The Kier molecular flexibility index (Phi) is 2.73. The van der Waals surface area contributed by atoms with E-state index in [1.165, 1.54) is 0 Å². The molecule has 0 amide bonds. The van der Waals surface area contributed by atoms with Crippen LogP contribution in [0.2, 0.25) is 0 Å². The number of hydrogen-bond donors (Lipinski definition) is 1. The fourth-order valence-electron chi connectivity index (χ4n) is 1.11. The molecule has 0 saturated carbocycles. The lowest BCUT2D eigenvalue weighted by Gasteiger charge is -1.99. The standard InChI is InChI=1S/C8H7N3O2/c9-1-5-3-11-4-6(2-10)8(13)7(5)12/h5-6,11H,3-4H2. The Morgan fingerprint density at radius 2 is 1.46 bits per heavy atom. The predicted molar refractivity (Wildman–Crippen MR) is 41.1 cm³/mol. The van der Waals surface area contributed by atoms with E-state index in [4.69, 9.17) is 10.5 Å². The zero-order chi connectivity index (χ0) is 9.84. The molecular formula is C8H7N3O2. The third kappa shape index (κ3) is 1.71. The van der Waals surface area contributed by atoms with Gasteiger partial charge in [-0.15, -0.1) is 0 Å². The Morgan fingerprint density at radius 3 is 1.77 bits per heavy atom. The van der Waals surface area contributed by atoms with E-state index in [1.807, 2.05) is 0 Å². The molecule has 1 aliphatic heterocycles. The molecule has 0 radical (unpaired) electrons. The molecule has 0 aliphatic carbocycles. The molecule has 1 N–H and O–H groups in total. The van der Waals surface area contributed by atoms with Gasteiger partial charge < -0.3 is 5.32 Å². The average Bonchev–Trinajstić information content (AvgIpc) is 2.28. The maximum atomic E-state index is 11.2. The molecule has 13 heavy (non-hydrogen) atoms. The Hall–Kier alpha value is -1.72. The number of nitrogens with zero attached hydrogens (tertiary/aromatic N) is 2. The van der Waals surface area contributed by atoms with Gasteiger partial charge in [0.1, 0.15) is 11.8 Å². The number of hydrogen-bond acceptors (Lipinski definition) is 5. The normalized spacial score (nSPS) is 28.8. The first-order valence-electron chi connectivity index (χ1n) is 3.78. The summed E-state index contributed by atoms with van der Waals surface area (Å²) in [5.74, 6) is -3.38. The van der Waals surface area contributed by atoms with Crippen molar-refractivity contribution < 1.29 is 9.59 Å². The maximum Gasteiger partial charge on any atom is 0.218 e. The molecule has 0 aromatic heterocycles. The first-order chi connectivity index (χ1) is 6.20. The molecule has 0 bridgehead atoms. The van der Waals surface area contributed by atoms with Gasteiger partial charge in [-0.3, -0.25) is 9.59 Å². The van der Waals surface area contributed by atoms with Crippen LogP contribution in [-0.4, -0.2) is 24.7 Å². The smallest absolute Gasteiger partial charge is 0.218 e. The van der Waals surface area contributed by atoms with E-state index in [-0.39, 0.29) is 13.1 Å². The molecule has 1 rings (SSSR count). The Bertz CT molecular complexity index is 291. The number of carbonyl (C=O) groups excluding carboxylic acids is 2. The minimum Gasteiger partial charge on any atom is -0.313 e. The Labute approximate surface area is 74.9 Å². The van der Waals surface area contributed by atoms with E-state index in [2.05, 4.69) is 5.32 Å². The summed E-state index contributed by atoms with van der Waals surface area (Å²) >= 11 is 0. The molecule has 0 aromatic carbocycles. The van der Waals surface area contributed by atoms with E-state index < -0.39 is 23.4 Å². The monoisotopic (exact) mass is 177 g/mol. The minimum absolute atomic E-state index is 0.152. The number of carbonyl (C=O) groups is 2. The molecule has 0 aromatic rings. The molecule has 0 spiro atoms. The lowest BCUT2D eigenvalue weighted by atomic mass is 9.97. The van der Waals surface area contributed by atoms with Gasteiger partial charge >= 0.3 is 0 Å². The molecule has 66 valence electrons. The molecule has 1 saturated heterocycles. The molecule has 2 atom stereocenters. The Morgan fingerprint density at radius 1 is 1.08 bits per heavy atom. The summed E-state index contributed by atoms with van der Waals surface area (Å²) in [4.78, 5) is 22.4. The highest BCUT2D eigenvalue weighted by Crippen LogP contribution is 2.07. The number of ketones is 2. The zero-order valence-electron chi connectivity index (χ0n) is 6.78. The van der Waals surface area contributed by atoms with Crippen molar-refractivity contribution in [1.29, 1.82) is 10.5 Å². The van der Waals surface area contributed by atoms with Crippen LogP contribution >= 0.6 is 0 Å². The highest BCUT2D eigenvalue weighted by atomic mass is 16.2. The van der Waals surface area contributed by atoms with E-state index in [1.54, 1.807) is 12.1 Å².